The van der Waals surface area contributed by atoms with Gasteiger partial charge in [-0.3, -0.25) is 5.10 Å². The summed E-state index contributed by atoms with van der Waals surface area (Å²) in [6, 6.07) is 4.98. The van der Waals surface area contributed by atoms with Crippen molar-refractivity contribution in [2.24, 2.45) is 0 Å². The number of nitrogen functional groups attached to an aromatic ring is 1. The molecule has 1 aromatic carbocycles. The summed E-state index contributed by atoms with van der Waals surface area (Å²) in [6.07, 6.45) is 5.72. The average molecular weight is 308 g/mol. The summed E-state index contributed by atoms with van der Waals surface area (Å²) < 4.78 is 14.4. The average Bonchev–Trinajstić information content (AvgIpc) is 2.85. The SMILES string of the molecule is CC1(c2[nH]nc(N)c2-c2cccc(Cl)c2F)CCCCC1. The zero-order valence-electron chi connectivity index (χ0n) is 12.0. The predicted octanol–water partition coefficient (Wildman–Crippen LogP) is 4.67. The fourth-order valence-corrected chi connectivity index (χ4v) is 3.52. The molecule has 0 amide bonds. The Balaban J connectivity index is 2.15. The summed E-state index contributed by atoms with van der Waals surface area (Å²) in [5.41, 5.74) is 7.99. The molecule has 1 heterocycles. The third-order valence-corrected chi connectivity index (χ3v) is 4.87. The molecular formula is C16H19ClFN3. The number of nitrogens with zero attached hydrogens (tertiary/aromatic N) is 1. The van der Waals surface area contributed by atoms with E-state index < -0.39 is 5.82 Å². The van der Waals surface area contributed by atoms with Crippen LogP contribution in [0, 0.1) is 5.82 Å². The first kappa shape index (κ1) is 14.4. The molecule has 0 radical (unpaired) electrons. The number of nitrogens with two attached hydrogens (primary N) is 1. The Hall–Kier alpha value is -1.55. The van der Waals surface area contributed by atoms with Crippen molar-refractivity contribution in [3.63, 3.8) is 0 Å². The molecule has 112 valence electrons. The van der Waals surface area contributed by atoms with E-state index >= 15 is 0 Å². The minimum Gasteiger partial charge on any atom is -0.382 e. The van der Waals surface area contributed by atoms with Gasteiger partial charge in [0.05, 0.1) is 16.3 Å². The summed E-state index contributed by atoms with van der Waals surface area (Å²) in [5.74, 6) is -0.106. The number of aromatic amines is 1. The highest BCUT2D eigenvalue weighted by molar-refractivity contribution is 6.31. The molecule has 1 saturated carbocycles. The monoisotopic (exact) mass is 307 g/mol. The summed E-state index contributed by atoms with van der Waals surface area (Å²) in [5, 5.41) is 7.28. The molecule has 2 aromatic rings. The fourth-order valence-electron chi connectivity index (χ4n) is 3.34. The lowest BCUT2D eigenvalue weighted by molar-refractivity contribution is 0.312. The van der Waals surface area contributed by atoms with Gasteiger partial charge in [-0.15, -0.1) is 0 Å². The van der Waals surface area contributed by atoms with Crippen LogP contribution in [0.1, 0.15) is 44.7 Å². The maximum absolute atomic E-state index is 14.4. The lowest BCUT2D eigenvalue weighted by Gasteiger charge is -2.33. The van der Waals surface area contributed by atoms with E-state index in [9.17, 15) is 4.39 Å². The van der Waals surface area contributed by atoms with Gasteiger partial charge in [-0.2, -0.15) is 5.10 Å². The molecule has 21 heavy (non-hydrogen) atoms. The van der Waals surface area contributed by atoms with Crippen LogP contribution in [0.25, 0.3) is 11.1 Å². The normalized spacial score (nSPS) is 17.9. The number of anilines is 1. The first-order chi connectivity index (χ1) is 10.0. The largest absolute Gasteiger partial charge is 0.382 e. The number of hydrogen-bond donors (Lipinski definition) is 2. The maximum atomic E-state index is 14.4. The highest BCUT2D eigenvalue weighted by Crippen LogP contribution is 2.44. The van der Waals surface area contributed by atoms with Gasteiger partial charge in [-0.05, 0) is 18.9 Å². The molecular weight excluding hydrogens is 289 g/mol. The van der Waals surface area contributed by atoms with Crippen LogP contribution in [-0.4, -0.2) is 10.2 Å². The number of H-pyrrole nitrogens is 1. The number of halogens is 2. The highest BCUT2D eigenvalue weighted by Gasteiger charge is 2.34. The van der Waals surface area contributed by atoms with Crippen LogP contribution in [0.3, 0.4) is 0 Å². The first-order valence-electron chi connectivity index (χ1n) is 7.31. The minimum atomic E-state index is -0.437. The molecule has 0 unspecified atom stereocenters. The van der Waals surface area contributed by atoms with E-state index in [1.807, 2.05) is 0 Å². The van der Waals surface area contributed by atoms with Gasteiger partial charge in [0, 0.05) is 11.0 Å². The van der Waals surface area contributed by atoms with Crippen molar-refractivity contribution in [2.75, 3.05) is 5.73 Å². The Kier molecular flexibility index (Phi) is 3.66. The third-order valence-electron chi connectivity index (χ3n) is 4.58. The van der Waals surface area contributed by atoms with Gasteiger partial charge in [0.25, 0.3) is 0 Å². The van der Waals surface area contributed by atoms with Gasteiger partial charge < -0.3 is 5.73 Å². The van der Waals surface area contributed by atoms with Crippen LogP contribution in [0.4, 0.5) is 10.2 Å². The van der Waals surface area contributed by atoms with Gasteiger partial charge in [0.1, 0.15) is 5.82 Å². The smallest absolute Gasteiger partial charge is 0.153 e. The van der Waals surface area contributed by atoms with E-state index in [1.165, 1.54) is 19.3 Å². The van der Waals surface area contributed by atoms with Crippen LogP contribution >= 0.6 is 11.6 Å². The Bertz CT molecular complexity index is 660. The zero-order valence-corrected chi connectivity index (χ0v) is 12.8. The second-order valence-electron chi connectivity index (χ2n) is 6.08. The van der Waals surface area contributed by atoms with E-state index in [4.69, 9.17) is 17.3 Å². The maximum Gasteiger partial charge on any atom is 0.153 e. The fraction of sp³-hybridized carbons (Fsp3) is 0.438. The molecule has 3 rings (SSSR count). The molecule has 0 spiro atoms. The second-order valence-corrected chi connectivity index (χ2v) is 6.49. The van der Waals surface area contributed by atoms with E-state index in [0.717, 1.165) is 18.5 Å². The summed E-state index contributed by atoms with van der Waals surface area (Å²) in [6.45, 7) is 2.20. The molecule has 1 aliphatic rings. The molecule has 0 aliphatic heterocycles. The van der Waals surface area contributed by atoms with Crippen molar-refractivity contribution < 1.29 is 4.39 Å². The summed E-state index contributed by atoms with van der Waals surface area (Å²) >= 11 is 5.91. The number of rotatable bonds is 2. The Morgan fingerprint density at radius 2 is 2.00 bits per heavy atom. The molecule has 1 aliphatic carbocycles. The van der Waals surface area contributed by atoms with Crippen LogP contribution in [-0.2, 0) is 5.41 Å². The van der Waals surface area contributed by atoms with Crippen molar-refractivity contribution in [2.45, 2.75) is 44.4 Å². The van der Waals surface area contributed by atoms with Crippen LogP contribution in [0.15, 0.2) is 18.2 Å². The molecule has 3 nitrogen and oxygen atoms in total. The Labute approximate surface area is 128 Å². The topological polar surface area (TPSA) is 54.7 Å². The highest BCUT2D eigenvalue weighted by atomic mass is 35.5. The number of nitrogens with one attached hydrogen (secondary N) is 1. The van der Waals surface area contributed by atoms with E-state index in [-0.39, 0.29) is 10.4 Å². The number of benzene rings is 1. The minimum absolute atomic E-state index is 0.0348. The van der Waals surface area contributed by atoms with Crippen molar-refractivity contribution in [3.8, 4) is 11.1 Å². The van der Waals surface area contributed by atoms with Gasteiger partial charge in [0.2, 0.25) is 0 Å². The summed E-state index contributed by atoms with van der Waals surface area (Å²) in [4.78, 5) is 0. The Morgan fingerprint density at radius 1 is 1.29 bits per heavy atom. The molecule has 5 heteroatoms. The van der Waals surface area contributed by atoms with Gasteiger partial charge in [0.15, 0.2) is 5.82 Å². The lowest BCUT2D eigenvalue weighted by atomic mass is 9.72. The quantitative estimate of drug-likeness (QED) is 0.847. The van der Waals surface area contributed by atoms with Crippen molar-refractivity contribution >= 4 is 17.4 Å². The Morgan fingerprint density at radius 3 is 2.71 bits per heavy atom. The van der Waals surface area contributed by atoms with Crippen LogP contribution in [0.2, 0.25) is 5.02 Å². The number of aromatic nitrogens is 2. The predicted molar refractivity (Wildman–Crippen MR) is 83.8 cm³/mol. The molecule has 0 saturated heterocycles. The van der Waals surface area contributed by atoms with Gasteiger partial charge in [-0.1, -0.05) is 49.9 Å². The third kappa shape index (κ3) is 2.42. The van der Waals surface area contributed by atoms with Crippen LogP contribution in [0.5, 0.6) is 0 Å². The molecule has 0 bridgehead atoms. The van der Waals surface area contributed by atoms with Gasteiger partial charge >= 0.3 is 0 Å². The van der Waals surface area contributed by atoms with Crippen molar-refractivity contribution in [3.05, 3.63) is 34.7 Å². The van der Waals surface area contributed by atoms with Gasteiger partial charge in [-0.25, -0.2) is 4.39 Å². The van der Waals surface area contributed by atoms with Crippen molar-refractivity contribution in [1.82, 2.24) is 10.2 Å². The first-order valence-corrected chi connectivity index (χ1v) is 7.69. The second kappa shape index (κ2) is 5.34. The molecule has 1 fully saturated rings. The standard InChI is InChI=1S/C16H19ClFN3/c1-16(8-3-2-4-9-16)14-12(15(19)21-20-14)10-6-5-7-11(17)13(10)18/h5-7H,2-4,8-9H2,1H3,(H3,19,20,21). The van der Waals surface area contributed by atoms with E-state index in [1.54, 1.807) is 18.2 Å². The van der Waals surface area contributed by atoms with Crippen LogP contribution < -0.4 is 5.73 Å². The lowest BCUT2D eigenvalue weighted by Crippen LogP contribution is -2.26. The zero-order chi connectivity index (χ0) is 15.0. The molecule has 3 N–H and O–H groups in total. The number of hydrogen-bond acceptors (Lipinski definition) is 2. The van der Waals surface area contributed by atoms with E-state index in [2.05, 4.69) is 17.1 Å². The van der Waals surface area contributed by atoms with Crippen molar-refractivity contribution in [1.29, 1.82) is 0 Å². The molecule has 0 atom stereocenters. The summed E-state index contributed by atoms with van der Waals surface area (Å²) in [7, 11) is 0. The van der Waals surface area contributed by atoms with E-state index in [0.29, 0.717) is 16.9 Å². The molecule has 1 aromatic heterocycles.